The van der Waals surface area contributed by atoms with Crippen molar-refractivity contribution in [3.05, 3.63) is 54.1 Å². The minimum absolute atomic E-state index is 0.0289. The highest BCUT2D eigenvalue weighted by atomic mass is 32.2. The standard InChI is InChI=1S/C23H28N4O4S/c1-4-7-15-27-20-14-9-8-13-19(20)21(23(27)29)24-25-22(28)17-11-10-12-18(16-17)32(30,31)26(5-2)6-3/h8-14,16,29H,4-7,15H2,1-3H3. The summed E-state index contributed by atoms with van der Waals surface area (Å²) in [6.45, 7) is 6.87. The maximum Gasteiger partial charge on any atom is 0.295 e. The Balaban J connectivity index is 1.94. The Bertz CT molecular complexity index is 1240. The average molecular weight is 457 g/mol. The van der Waals surface area contributed by atoms with Crippen LogP contribution in [0.5, 0.6) is 5.88 Å². The lowest BCUT2D eigenvalue weighted by molar-refractivity contribution is 0.0995. The molecule has 8 nitrogen and oxygen atoms in total. The average Bonchev–Trinajstić information content (AvgIpc) is 3.07. The van der Waals surface area contributed by atoms with Gasteiger partial charge in [-0.05, 0) is 30.7 Å². The number of para-hydroxylation sites is 1. The number of aromatic nitrogens is 1. The van der Waals surface area contributed by atoms with Crippen LogP contribution in [0.2, 0.25) is 0 Å². The molecule has 0 bridgehead atoms. The summed E-state index contributed by atoms with van der Waals surface area (Å²) < 4.78 is 28.6. The minimum Gasteiger partial charge on any atom is -0.493 e. The molecule has 32 heavy (non-hydrogen) atoms. The van der Waals surface area contributed by atoms with Crippen LogP contribution in [-0.2, 0) is 16.6 Å². The van der Waals surface area contributed by atoms with Crippen LogP contribution < -0.4 is 0 Å². The molecule has 3 aromatic rings. The van der Waals surface area contributed by atoms with Crippen molar-refractivity contribution in [2.45, 2.75) is 45.1 Å². The monoisotopic (exact) mass is 456 g/mol. The summed E-state index contributed by atoms with van der Waals surface area (Å²) >= 11 is 0. The maximum absolute atomic E-state index is 12.8. The number of carbonyl (C=O) groups excluding carboxylic acids is 1. The third-order valence-corrected chi connectivity index (χ3v) is 7.36. The van der Waals surface area contributed by atoms with Crippen LogP contribution in [-0.4, -0.2) is 41.4 Å². The van der Waals surface area contributed by atoms with Crippen LogP contribution in [0.25, 0.3) is 10.9 Å². The fourth-order valence-corrected chi connectivity index (χ4v) is 5.07. The number of hydrogen-bond acceptors (Lipinski definition) is 5. The fraction of sp³-hybridized carbons (Fsp3) is 0.348. The second kappa shape index (κ2) is 10.1. The van der Waals surface area contributed by atoms with Crippen molar-refractivity contribution in [3.8, 4) is 5.88 Å². The first kappa shape index (κ1) is 23.6. The number of carbonyl (C=O) groups is 1. The normalized spacial score (nSPS) is 12.2. The van der Waals surface area contributed by atoms with Gasteiger partial charge in [0.15, 0.2) is 5.69 Å². The van der Waals surface area contributed by atoms with E-state index >= 15 is 0 Å². The van der Waals surface area contributed by atoms with Gasteiger partial charge in [-0.25, -0.2) is 8.42 Å². The second-order valence-electron chi connectivity index (χ2n) is 7.32. The molecule has 0 spiro atoms. The van der Waals surface area contributed by atoms with Crippen LogP contribution >= 0.6 is 0 Å². The van der Waals surface area contributed by atoms with Crippen molar-refractivity contribution >= 4 is 32.5 Å². The Morgan fingerprint density at radius 3 is 2.47 bits per heavy atom. The van der Waals surface area contributed by atoms with E-state index in [1.54, 1.807) is 18.4 Å². The van der Waals surface area contributed by atoms with E-state index in [0.717, 1.165) is 18.4 Å². The molecule has 0 fully saturated rings. The van der Waals surface area contributed by atoms with Crippen LogP contribution in [0.1, 0.15) is 44.0 Å². The molecule has 0 radical (unpaired) electrons. The zero-order valence-corrected chi connectivity index (χ0v) is 19.3. The highest BCUT2D eigenvalue weighted by Gasteiger charge is 2.23. The number of rotatable bonds is 9. The van der Waals surface area contributed by atoms with Gasteiger partial charge >= 0.3 is 0 Å². The van der Waals surface area contributed by atoms with Crippen molar-refractivity contribution in [2.24, 2.45) is 10.2 Å². The van der Waals surface area contributed by atoms with Crippen LogP contribution in [0.3, 0.4) is 0 Å². The number of aryl methyl sites for hydroxylation is 1. The third kappa shape index (κ3) is 4.58. The number of sulfonamides is 1. The van der Waals surface area contributed by atoms with Crippen molar-refractivity contribution < 1.29 is 18.3 Å². The Hall–Kier alpha value is -3.04. The molecule has 0 aliphatic heterocycles. The zero-order chi connectivity index (χ0) is 23.3. The molecule has 2 aromatic carbocycles. The first-order chi connectivity index (χ1) is 15.3. The Morgan fingerprint density at radius 2 is 1.78 bits per heavy atom. The molecule has 1 amide bonds. The minimum atomic E-state index is -3.70. The van der Waals surface area contributed by atoms with Gasteiger partial charge in [-0.3, -0.25) is 4.79 Å². The summed E-state index contributed by atoms with van der Waals surface area (Å²) in [5, 5.41) is 19.2. The number of azo groups is 1. The van der Waals surface area contributed by atoms with Crippen molar-refractivity contribution in [1.82, 2.24) is 8.87 Å². The lowest BCUT2D eigenvalue weighted by atomic mass is 10.2. The van der Waals surface area contributed by atoms with Crippen LogP contribution in [0, 0.1) is 0 Å². The summed E-state index contributed by atoms with van der Waals surface area (Å²) in [4.78, 5) is 12.7. The highest BCUT2D eigenvalue weighted by molar-refractivity contribution is 7.89. The fourth-order valence-electron chi connectivity index (χ4n) is 3.57. The maximum atomic E-state index is 12.8. The van der Waals surface area contributed by atoms with Crippen molar-refractivity contribution in [3.63, 3.8) is 0 Å². The molecule has 3 rings (SSSR count). The van der Waals surface area contributed by atoms with E-state index in [9.17, 15) is 18.3 Å². The molecule has 1 heterocycles. The highest BCUT2D eigenvalue weighted by Crippen LogP contribution is 2.39. The molecular weight excluding hydrogens is 428 g/mol. The lowest BCUT2D eigenvalue weighted by Gasteiger charge is -2.18. The number of benzene rings is 2. The quantitative estimate of drug-likeness (QED) is 0.452. The molecule has 1 aromatic heterocycles. The van der Waals surface area contributed by atoms with E-state index in [2.05, 4.69) is 17.2 Å². The smallest absolute Gasteiger partial charge is 0.295 e. The van der Waals surface area contributed by atoms with Gasteiger partial charge in [0.05, 0.1) is 10.4 Å². The summed E-state index contributed by atoms with van der Waals surface area (Å²) in [6, 6.07) is 13.2. The van der Waals surface area contributed by atoms with E-state index in [4.69, 9.17) is 0 Å². The number of unbranched alkanes of at least 4 members (excludes halogenated alkanes) is 1. The second-order valence-corrected chi connectivity index (χ2v) is 9.25. The van der Waals surface area contributed by atoms with Crippen molar-refractivity contribution in [1.29, 1.82) is 0 Å². The van der Waals surface area contributed by atoms with Crippen LogP contribution in [0.4, 0.5) is 5.69 Å². The number of fused-ring (bicyclic) bond motifs is 1. The summed E-state index contributed by atoms with van der Waals surface area (Å²) in [6.07, 6.45) is 1.85. The molecule has 0 aliphatic carbocycles. The Morgan fingerprint density at radius 1 is 1.06 bits per heavy atom. The topological polar surface area (TPSA) is 104 Å². The van der Waals surface area contributed by atoms with E-state index in [-0.39, 0.29) is 22.0 Å². The van der Waals surface area contributed by atoms with Gasteiger partial charge in [0.2, 0.25) is 15.9 Å². The van der Waals surface area contributed by atoms with Gasteiger partial charge in [0.1, 0.15) is 0 Å². The number of nitrogens with zero attached hydrogens (tertiary/aromatic N) is 4. The molecule has 170 valence electrons. The first-order valence-electron chi connectivity index (χ1n) is 10.7. The molecule has 0 aliphatic rings. The van der Waals surface area contributed by atoms with Gasteiger partial charge < -0.3 is 9.67 Å². The SMILES string of the molecule is CCCCn1c(O)c(N=NC(=O)c2cccc(S(=O)(=O)N(CC)CC)c2)c2ccccc21. The predicted molar refractivity (Wildman–Crippen MR) is 124 cm³/mol. The van der Waals surface area contributed by atoms with E-state index in [1.165, 1.54) is 28.6 Å². The number of hydrogen-bond donors (Lipinski definition) is 1. The summed E-state index contributed by atoms with van der Waals surface area (Å²) in [5.41, 5.74) is 1.14. The molecule has 0 unspecified atom stereocenters. The van der Waals surface area contributed by atoms with Crippen molar-refractivity contribution in [2.75, 3.05) is 13.1 Å². The molecule has 0 saturated carbocycles. The van der Waals surface area contributed by atoms with E-state index in [0.29, 0.717) is 25.0 Å². The van der Waals surface area contributed by atoms with E-state index in [1.807, 2.05) is 24.3 Å². The summed E-state index contributed by atoms with van der Waals surface area (Å²) in [7, 11) is -3.70. The van der Waals surface area contributed by atoms with Gasteiger partial charge in [-0.15, -0.1) is 10.2 Å². The van der Waals surface area contributed by atoms with Gasteiger partial charge in [-0.1, -0.05) is 51.5 Å². The third-order valence-electron chi connectivity index (χ3n) is 5.32. The largest absolute Gasteiger partial charge is 0.493 e. The van der Waals surface area contributed by atoms with Gasteiger partial charge in [0, 0.05) is 30.6 Å². The first-order valence-corrected chi connectivity index (χ1v) is 12.2. The lowest BCUT2D eigenvalue weighted by Crippen LogP contribution is -2.30. The summed E-state index contributed by atoms with van der Waals surface area (Å²) in [5.74, 6) is -0.736. The molecular formula is C23H28N4O4S. The zero-order valence-electron chi connectivity index (χ0n) is 18.5. The van der Waals surface area contributed by atoms with Gasteiger partial charge in [0.25, 0.3) is 5.91 Å². The Kier molecular flexibility index (Phi) is 7.42. The van der Waals surface area contributed by atoms with Crippen LogP contribution in [0.15, 0.2) is 63.7 Å². The molecule has 9 heteroatoms. The number of aromatic hydroxyl groups is 1. The molecule has 0 atom stereocenters. The predicted octanol–water partition coefficient (Wildman–Crippen LogP) is 5.10. The van der Waals surface area contributed by atoms with E-state index < -0.39 is 15.9 Å². The molecule has 1 N–H and O–H groups in total. The Labute approximate surface area is 188 Å². The van der Waals surface area contributed by atoms with Gasteiger partial charge in [-0.2, -0.15) is 4.31 Å². The number of amides is 1. The molecule has 0 saturated heterocycles.